The van der Waals surface area contributed by atoms with Crippen LogP contribution in [0.25, 0.3) is 0 Å². The molecule has 0 unspecified atom stereocenters. The van der Waals surface area contributed by atoms with Crippen molar-refractivity contribution in [3.8, 4) is 0 Å². The second-order valence-corrected chi connectivity index (χ2v) is 6.92. The Kier molecular flexibility index (Phi) is 4.20. The van der Waals surface area contributed by atoms with Gasteiger partial charge in [0, 0.05) is 33.1 Å². The number of carbonyl (C=O) groups is 2. The van der Waals surface area contributed by atoms with Crippen LogP contribution >= 0.6 is 0 Å². The van der Waals surface area contributed by atoms with Gasteiger partial charge in [-0.05, 0) is 37.5 Å². The summed E-state index contributed by atoms with van der Waals surface area (Å²) in [5, 5.41) is 0. The molecule has 5 nitrogen and oxygen atoms in total. The Hall–Kier alpha value is -1.10. The first-order valence-corrected chi connectivity index (χ1v) is 8.24. The number of hydrogen-bond donors (Lipinski definition) is 0. The van der Waals surface area contributed by atoms with Crippen LogP contribution in [0.2, 0.25) is 0 Å². The molecule has 3 rings (SSSR count). The van der Waals surface area contributed by atoms with E-state index in [2.05, 4.69) is 6.92 Å². The lowest BCUT2D eigenvalue weighted by Gasteiger charge is -2.33. The highest BCUT2D eigenvalue weighted by atomic mass is 16.5. The highest BCUT2D eigenvalue weighted by Gasteiger charge is 2.43. The number of amides is 2. The van der Waals surface area contributed by atoms with Crippen molar-refractivity contribution >= 4 is 11.8 Å². The average molecular weight is 294 g/mol. The summed E-state index contributed by atoms with van der Waals surface area (Å²) in [6.45, 7) is 7.05. The lowest BCUT2D eigenvalue weighted by Crippen LogP contribution is -2.45. The standard InChI is InChI=1S/C16H26N2O3/c1-11-3-6-17(7-4-11)16(20)14-9-13-5-8-18(12(2)19)10-15(13)21-14/h11,13-15H,3-10H2,1-2H3/t13-,14+,15+/m0/s1. The third-order valence-electron chi connectivity index (χ3n) is 5.37. The quantitative estimate of drug-likeness (QED) is 0.732. The van der Waals surface area contributed by atoms with Gasteiger partial charge in [-0.3, -0.25) is 9.59 Å². The lowest BCUT2D eigenvalue weighted by molar-refractivity contribution is -0.145. The third kappa shape index (κ3) is 3.07. The largest absolute Gasteiger partial charge is 0.363 e. The van der Waals surface area contributed by atoms with Gasteiger partial charge < -0.3 is 14.5 Å². The molecule has 0 N–H and O–H groups in total. The van der Waals surface area contributed by atoms with Gasteiger partial charge in [-0.1, -0.05) is 6.92 Å². The Morgan fingerprint density at radius 3 is 2.38 bits per heavy atom. The van der Waals surface area contributed by atoms with Gasteiger partial charge >= 0.3 is 0 Å². The van der Waals surface area contributed by atoms with E-state index < -0.39 is 0 Å². The Morgan fingerprint density at radius 2 is 1.71 bits per heavy atom. The van der Waals surface area contributed by atoms with Gasteiger partial charge in [0.15, 0.2) is 0 Å². The number of fused-ring (bicyclic) bond motifs is 1. The fourth-order valence-corrected chi connectivity index (χ4v) is 3.81. The molecule has 0 saturated carbocycles. The molecule has 2 amide bonds. The van der Waals surface area contributed by atoms with E-state index in [4.69, 9.17) is 4.74 Å². The van der Waals surface area contributed by atoms with E-state index >= 15 is 0 Å². The topological polar surface area (TPSA) is 49.9 Å². The Bertz CT molecular complexity index is 418. The van der Waals surface area contributed by atoms with E-state index in [1.807, 2.05) is 9.80 Å². The molecule has 0 radical (unpaired) electrons. The van der Waals surface area contributed by atoms with Crippen LogP contribution in [0.1, 0.15) is 39.5 Å². The molecule has 3 aliphatic rings. The monoisotopic (exact) mass is 294 g/mol. The van der Waals surface area contributed by atoms with Gasteiger partial charge in [0.2, 0.25) is 5.91 Å². The van der Waals surface area contributed by atoms with Gasteiger partial charge in [-0.2, -0.15) is 0 Å². The molecule has 3 saturated heterocycles. The molecule has 0 aromatic heterocycles. The van der Waals surface area contributed by atoms with Crippen LogP contribution in [0.15, 0.2) is 0 Å². The minimum atomic E-state index is -0.277. The molecule has 0 aliphatic carbocycles. The van der Waals surface area contributed by atoms with Crippen molar-refractivity contribution in [3.63, 3.8) is 0 Å². The lowest BCUT2D eigenvalue weighted by atomic mass is 9.91. The first-order valence-electron chi connectivity index (χ1n) is 8.24. The molecular formula is C16H26N2O3. The molecule has 0 bridgehead atoms. The summed E-state index contributed by atoms with van der Waals surface area (Å²) in [4.78, 5) is 27.9. The minimum Gasteiger partial charge on any atom is -0.363 e. The number of likely N-dealkylation sites (tertiary alicyclic amines) is 2. The number of piperidine rings is 2. The normalized spacial score (nSPS) is 33.9. The number of hydrogen-bond acceptors (Lipinski definition) is 3. The summed E-state index contributed by atoms with van der Waals surface area (Å²) in [7, 11) is 0. The fraction of sp³-hybridized carbons (Fsp3) is 0.875. The molecule has 3 fully saturated rings. The van der Waals surface area contributed by atoms with Crippen LogP contribution in [0.4, 0.5) is 0 Å². The highest BCUT2D eigenvalue weighted by Crippen LogP contribution is 2.34. The molecule has 5 heteroatoms. The van der Waals surface area contributed by atoms with E-state index in [1.54, 1.807) is 6.92 Å². The van der Waals surface area contributed by atoms with Crippen molar-refractivity contribution in [2.75, 3.05) is 26.2 Å². The van der Waals surface area contributed by atoms with Crippen molar-refractivity contribution in [3.05, 3.63) is 0 Å². The smallest absolute Gasteiger partial charge is 0.251 e. The van der Waals surface area contributed by atoms with Crippen molar-refractivity contribution in [2.45, 2.75) is 51.7 Å². The van der Waals surface area contributed by atoms with Crippen molar-refractivity contribution in [1.82, 2.24) is 9.80 Å². The van der Waals surface area contributed by atoms with Crippen LogP contribution in [0, 0.1) is 11.8 Å². The van der Waals surface area contributed by atoms with E-state index in [9.17, 15) is 9.59 Å². The minimum absolute atomic E-state index is 0.0558. The zero-order valence-corrected chi connectivity index (χ0v) is 13.1. The summed E-state index contributed by atoms with van der Waals surface area (Å²) in [5.41, 5.74) is 0. The van der Waals surface area contributed by atoms with Crippen molar-refractivity contribution in [1.29, 1.82) is 0 Å². The predicted molar refractivity (Wildman–Crippen MR) is 78.6 cm³/mol. The fourth-order valence-electron chi connectivity index (χ4n) is 3.81. The van der Waals surface area contributed by atoms with Crippen molar-refractivity contribution < 1.29 is 14.3 Å². The maximum atomic E-state index is 12.6. The summed E-state index contributed by atoms with van der Waals surface area (Å²) in [5.74, 6) is 1.45. The van der Waals surface area contributed by atoms with Gasteiger partial charge in [-0.15, -0.1) is 0 Å². The van der Waals surface area contributed by atoms with Crippen LogP contribution in [-0.2, 0) is 14.3 Å². The zero-order chi connectivity index (χ0) is 15.0. The number of carbonyl (C=O) groups excluding carboxylic acids is 2. The number of ether oxygens (including phenoxy) is 1. The molecule has 0 aromatic carbocycles. The summed E-state index contributed by atoms with van der Waals surface area (Å²) >= 11 is 0. The molecular weight excluding hydrogens is 268 g/mol. The predicted octanol–water partition coefficient (Wildman–Crippen LogP) is 1.27. The first kappa shape index (κ1) is 14.8. The molecule has 0 spiro atoms. The Morgan fingerprint density at radius 1 is 1.05 bits per heavy atom. The Balaban J connectivity index is 1.57. The second kappa shape index (κ2) is 5.95. The summed E-state index contributed by atoms with van der Waals surface area (Å²) in [6.07, 6.45) is 3.78. The maximum absolute atomic E-state index is 12.6. The van der Waals surface area contributed by atoms with E-state index in [1.165, 1.54) is 0 Å². The second-order valence-electron chi connectivity index (χ2n) is 6.92. The van der Waals surface area contributed by atoms with Gasteiger partial charge in [0.05, 0.1) is 6.10 Å². The van der Waals surface area contributed by atoms with Gasteiger partial charge in [0.1, 0.15) is 6.10 Å². The van der Waals surface area contributed by atoms with Crippen LogP contribution in [-0.4, -0.2) is 60.0 Å². The van der Waals surface area contributed by atoms with Gasteiger partial charge in [-0.25, -0.2) is 0 Å². The molecule has 3 heterocycles. The molecule has 118 valence electrons. The molecule has 0 aromatic rings. The van der Waals surface area contributed by atoms with E-state index in [0.717, 1.165) is 51.2 Å². The van der Waals surface area contributed by atoms with Gasteiger partial charge in [0.25, 0.3) is 5.91 Å². The SMILES string of the molecule is CC(=O)N1CC[C@H]2C[C@H](C(=O)N3CCC(C)CC3)O[C@@H]2C1. The van der Waals surface area contributed by atoms with Crippen molar-refractivity contribution in [2.24, 2.45) is 11.8 Å². The first-order chi connectivity index (χ1) is 10.0. The van der Waals surface area contributed by atoms with E-state index in [-0.39, 0.29) is 24.0 Å². The van der Waals surface area contributed by atoms with Crippen LogP contribution in [0.3, 0.4) is 0 Å². The maximum Gasteiger partial charge on any atom is 0.251 e. The summed E-state index contributed by atoms with van der Waals surface area (Å²) < 4.78 is 6.00. The molecule has 3 atom stereocenters. The molecule has 3 aliphatic heterocycles. The zero-order valence-electron chi connectivity index (χ0n) is 13.1. The average Bonchev–Trinajstić information content (AvgIpc) is 2.90. The third-order valence-corrected chi connectivity index (χ3v) is 5.37. The van der Waals surface area contributed by atoms with Crippen LogP contribution < -0.4 is 0 Å². The van der Waals surface area contributed by atoms with E-state index in [0.29, 0.717) is 12.5 Å². The summed E-state index contributed by atoms with van der Waals surface area (Å²) in [6, 6.07) is 0. The van der Waals surface area contributed by atoms with Crippen LogP contribution in [0.5, 0.6) is 0 Å². The molecule has 21 heavy (non-hydrogen) atoms. The highest BCUT2D eigenvalue weighted by molar-refractivity contribution is 5.81. The number of nitrogens with zero attached hydrogens (tertiary/aromatic N) is 2. The number of rotatable bonds is 1. The Labute approximate surface area is 126 Å².